The van der Waals surface area contributed by atoms with Crippen LogP contribution >= 0.6 is 0 Å². The van der Waals surface area contributed by atoms with E-state index in [4.69, 9.17) is 0 Å². The third-order valence-corrected chi connectivity index (χ3v) is 8.17. The van der Waals surface area contributed by atoms with Crippen LogP contribution in [0.1, 0.15) is 32.4 Å². The van der Waals surface area contributed by atoms with Crippen molar-refractivity contribution in [2.45, 2.75) is 31.7 Å². The maximum Gasteiger partial charge on any atom is 0.247 e. The van der Waals surface area contributed by atoms with Gasteiger partial charge in [-0.05, 0) is 50.6 Å². The summed E-state index contributed by atoms with van der Waals surface area (Å²) >= 11 is 0. The van der Waals surface area contributed by atoms with Crippen LogP contribution in [0.15, 0.2) is 59.5 Å². The van der Waals surface area contributed by atoms with Gasteiger partial charge in [0.15, 0.2) is 0 Å². The van der Waals surface area contributed by atoms with Crippen molar-refractivity contribution in [3.63, 3.8) is 0 Å². The van der Waals surface area contributed by atoms with Gasteiger partial charge in [0, 0.05) is 6.04 Å². The maximum atomic E-state index is 12.6. The quantitative estimate of drug-likeness (QED) is 0.798. The van der Waals surface area contributed by atoms with Gasteiger partial charge in [-0.25, -0.2) is 25.9 Å². The van der Waals surface area contributed by atoms with Crippen LogP contribution in [-0.2, 0) is 24.8 Å². The molecule has 1 aliphatic heterocycles. The Morgan fingerprint density at radius 2 is 1.61 bits per heavy atom. The van der Waals surface area contributed by atoms with Crippen LogP contribution in [0.3, 0.4) is 0 Å². The van der Waals surface area contributed by atoms with Crippen LogP contribution in [0.25, 0.3) is 0 Å². The number of benzene rings is 2. The first kappa shape index (κ1) is 20.5. The summed E-state index contributed by atoms with van der Waals surface area (Å²) in [6.07, 6.45) is 0. The topological polar surface area (TPSA) is 101 Å². The molecule has 7 nitrogen and oxygen atoms in total. The number of hydrogen-bond donors (Lipinski definition) is 1. The first-order valence-electron chi connectivity index (χ1n) is 8.69. The Labute approximate surface area is 165 Å². The second-order valence-corrected chi connectivity index (χ2v) is 11.0. The molecule has 1 heterocycles. The smallest absolute Gasteiger partial charge is 0.247 e. The number of nitrogens with zero attached hydrogens (tertiary/aromatic N) is 1. The van der Waals surface area contributed by atoms with E-state index < -0.39 is 37.4 Å². The van der Waals surface area contributed by atoms with Crippen molar-refractivity contribution in [3.8, 4) is 0 Å². The Balaban J connectivity index is 1.85. The molecule has 1 atom stereocenters. The monoisotopic (exact) mass is 422 g/mol. The van der Waals surface area contributed by atoms with Crippen LogP contribution in [-0.4, -0.2) is 28.5 Å². The number of carbonyl (C=O) groups excluding carboxylic acids is 1. The van der Waals surface area contributed by atoms with E-state index in [1.807, 2.05) is 30.3 Å². The molecule has 1 fully saturated rings. The molecule has 1 N–H and O–H groups in total. The van der Waals surface area contributed by atoms with Crippen molar-refractivity contribution in [2.75, 3.05) is 10.1 Å². The first-order chi connectivity index (χ1) is 12.9. The molecule has 1 amide bonds. The highest BCUT2D eigenvalue weighted by Gasteiger charge is 2.49. The molecule has 1 unspecified atom stereocenters. The Hall–Kier alpha value is -2.23. The Morgan fingerprint density at radius 1 is 1.04 bits per heavy atom. The molecule has 0 saturated carbocycles. The fourth-order valence-electron chi connectivity index (χ4n) is 3.13. The summed E-state index contributed by atoms with van der Waals surface area (Å²) in [5.41, 5.74) is -0.0692. The normalized spacial score (nSPS) is 19.5. The lowest BCUT2D eigenvalue weighted by Crippen LogP contribution is -2.33. The van der Waals surface area contributed by atoms with Gasteiger partial charge in [-0.3, -0.25) is 4.79 Å². The number of sulfonamides is 2. The first-order valence-corrected chi connectivity index (χ1v) is 11.8. The van der Waals surface area contributed by atoms with Gasteiger partial charge in [0.05, 0.1) is 21.8 Å². The zero-order valence-electron chi connectivity index (χ0n) is 15.8. The molecular formula is C19H22N2O5S2. The van der Waals surface area contributed by atoms with Crippen molar-refractivity contribution in [1.82, 2.24) is 4.72 Å². The largest absolute Gasteiger partial charge is 0.273 e. The number of carbonyl (C=O) groups is 1. The summed E-state index contributed by atoms with van der Waals surface area (Å²) in [5, 5.41) is 0. The number of rotatable bonds is 5. The molecule has 1 aliphatic rings. The minimum Gasteiger partial charge on any atom is -0.273 e. The van der Waals surface area contributed by atoms with Gasteiger partial charge in [0.25, 0.3) is 0 Å². The number of nitrogens with one attached hydrogen (secondary N) is 1. The molecule has 0 aromatic heterocycles. The van der Waals surface area contributed by atoms with E-state index in [0.29, 0.717) is 0 Å². The van der Waals surface area contributed by atoms with Crippen LogP contribution in [0.2, 0.25) is 0 Å². The van der Waals surface area contributed by atoms with E-state index in [1.54, 1.807) is 20.8 Å². The second kappa shape index (κ2) is 6.98. The van der Waals surface area contributed by atoms with Gasteiger partial charge in [-0.15, -0.1) is 0 Å². The van der Waals surface area contributed by atoms with Gasteiger partial charge < -0.3 is 0 Å². The molecule has 3 rings (SSSR count). The van der Waals surface area contributed by atoms with Crippen molar-refractivity contribution < 1.29 is 21.6 Å². The maximum absolute atomic E-state index is 12.6. The number of amides is 1. The number of anilines is 1. The minimum atomic E-state index is -3.82. The minimum absolute atomic E-state index is 0.0117. The summed E-state index contributed by atoms with van der Waals surface area (Å²) in [5.74, 6) is -0.811. The fraction of sp³-hybridized carbons (Fsp3) is 0.316. The highest BCUT2D eigenvalue weighted by molar-refractivity contribution is 7.94. The number of hydrogen-bond acceptors (Lipinski definition) is 5. The van der Waals surface area contributed by atoms with Crippen LogP contribution in [0.4, 0.5) is 5.69 Å². The van der Waals surface area contributed by atoms with E-state index in [0.717, 1.165) is 9.87 Å². The highest BCUT2D eigenvalue weighted by Crippen LogP contribution is 2.36. The zero-order chi connectivity index (χ0) is 20.7. The third kappa shape index (κ3) is 3.82. The summed E-state index contributed by atoms with van der Waals surface area (Å²) in [6, 6.07) is 14.0. The molecular weight excluding hydrogens is 400 g/mol. The summed E-state index contributed by atoms with van der Waals surface area (Å²) in [4.78, 5) is 12.4. The van der Waals surface area contributed by atoms with E-state index >= 15 is 0 Å². The molecule has 0 radical (unpaired) electrons. The lowest BCUT2D eigenvalue weighted by atomic mass is 9.95. The van der Waals surface area contributed by atoms with E-state index in [1.165, 1.54) is 24.3 Å². The molecule has 2 aromatic rings. The highest BCUT2D eigenvalue weighted by atomic mass is 32.2. The molecule has 9 heteroatoms. The van der Waals surface area contributed by atoms with Crippen LogP contribution in [0, 0.1) is 5.41 Å². The van der Waals surface area contributed by atoms with Gasteiger partial charge in [0.1, 0.15) is 0 Å². The molecule has 0 aliphatic carbocycles. The Morgan fingerprint density at radius 3 is 2.11 bits per heavy atom. The summed E-state index contributed by atoms with van der Waals surface area (Å²) < 4.78 is 53.3. The average molecular weight is 423 g/mol. The van der Waals surface area contributed by atoms with Gasteiger partial charge in [-0.1, -0.05) is 30.3 Å². The Kier molecular flexibility index (Phi) is 5.11. The molecule has 2 aromatic carbocycles. The standard InChI is InChI=1S/C19H22N2O5S2/c1-14(15-7-5-4-6-8-15)20-28(25,26)17-11-9-16(10-12-17)21-18(22)19(2,3)13-27(21,23)24/h4-12,14,20H,13H2,1-3H3. The third-order valence-electron chi connectivity index (χ3n) is 4.60. The lowest BCUT2D eigenvalue weighted by Gasteiger charge is -2.18. The predicted molar refractivity (Wildman–Crippen MR) is 107 cm³/mol. The molecule has 28 heavy (non-hydrogen) atoms. The van der Waals surface area contributed by atoms with Gasteiger partial charge >= 0.3 is 0 Å². The fourth-order valence-corrected chi connectivity index (χ4v) is 6.47. The Bertz CT molecular complexity index is 1090. The average Bonchev–Trinajstić information content (AvgIpc) is 2.78. The summed E-state index contributed by atoms with van der Waals surface area (Å²) in [6.45, 7) is 4.88. The molecule has 1 saturated heterocycles. The van der Waals surface area contributed by atoms with Crippen molar-refractivity contribution in [2.24, 2.45) is 5.41 Å². The van der Waals surface area contributed by atoms with Crippen LogP contribution in [0.5, 0.6) is 0 Å². The zero-order valence-corrected chi connectivity index (χ0v) is 17.4. The van der Waals surface area contributed by atoms with E-state index in [2.05, 4.69) is 4.72 Å². The summed E-state index contributed by atoms with van der Waals surface area (Å²) in [7, 11) is -7.60. The van der Waals surface area contributed by atoms with Gasteiger partial charge in [0.2, 0.25) is 26.0 Å². The van der Waals surface area contributed by atoms with Gasteiger partial charge in [-0.2, -0.15) is 0 Å². The van der Waals surface area contributed by atoms with Crippen LogP contribution < -0.4 is 9.03 Å². The second-order valence-electron chi connectivity index (χ2n) is 7.46. The lowest BCUT2D eigenvalue weighted by molar-refractivity contribution is -0.123. The van der Waals surface area contributed by atoms with Crippen molar-refractivity contribution in [1.29, 1.82) is 0 Å². The molecule has 150 valence electrons. The van der Waals surface area contributed by atoms with E-state index in [9.17, 15) is 21.6 Å². The predicted octanol–water partition coefficient (Wildman–Crippen LogP) is 2.43. The van der Waals surface area contributed by atoms with Crippen molar-refractivity contribution >= 4 is 31.6 Å². The SMILES string of the molecule is CC(NS(=O)(=O)c1ccc(N2C(=O)C(C)(C)CS2(=O)=O)cc1)c1ccccc1. The molecule has 0 spiro atoms. The molecule has 0 bridgehead atoms. The van der Waals surface area contributed by atoms with E-state index in [-0.39, 0.29) is 16.3 Å². The van der Waals surface area contributed by atoms with Crippen molar-refractivity contribution in [3.05, 3.63) is 60.2 Å².